The van der Waals surface area contributed by atoms with Crippen LogP contribution in [0.2, 0.25) is 5.02 Å². The first kappa shape index (κ1) is 12.5. The lowest BCUT2D eigenvalue weighted by molar-refractivity contribution is -0.0316. The molecule has 0 radical (unpaired) electrons. The molecule has 0 aliphatic heterocycles. The highest BCUT2D eigenvalue weighted by molar-refractivity contribution is 6.30. The molecule has 84 valence electrons. The Hall–Kier alpha value is -0.600. The molecule has 0 unspecified atom stereocenters. The third-order valence-electron chi connectivity index (χ3n) is 2.47. The van der Waals surface area contributed by atoms with E-state index in [9.17, 15) is 4.39 Å². The lowest BCUT2D eigenvalue weighted by Gasteiger charge is -2.23. The molecule has 0 N–H and O–H groups in total. The van der Waals surface area contributed by atoms with Crippen molar-refractivity contribution in [2.75, 3.05) is 0 Å². The second-order valence-corrected chi connectivity index (χ2v) is 4.56. The molecule has 0 amide bonds. The molecule has 0 bridgehead atoms. The van der Waals surface area contributed by atoms with Crippen molar-refractivity contribution >= 4 is 11.6 Å². The minimum atomic E-state index is -0.393. The summed E-state index contributed by atoms with van der Waals surface area (Å²) in [5, 5.41) is 0.144. The van der Waals surface area contributed by atoms with Crippen molar-refractivity contribution in [3.63, 3.8) is 0 Å². The van der Waals surface area contributed by atoms with Crippen LogP contribution in [0.25, 0.3) is 0 Å². The van der Waals surface area contributed by atoms with Gasteiger partial charge in [-0.1, -0.05) is 24.6 Å². The van der Waals surface area contributed by atoms with E-state index < -0.39 is 5.82 Å². The second-order valence-electron chi connectivity index (χ2n) is 4.15. The van der Waals surface area contributed by atoms with Gasteiger partial charge in [-0.3, -0.25) is 0 Å². The molecular formula is C12H16ClFO. The van der Waals surface area contributed by atoms with Gasteiger partial charge in [0.2, 0.25) is 0 Å². The second kappa shape index (κ2) is 4.95. The number of ether oxygens (including phenoxy) is 1. The zero-order valence-electron chi connectivity index (χ0n) is 9.31. The number of halogens is 2. The first-order chi connectivity index (χ1) is 6.94. The largest absolute Gasteiger partial charge is 0.371 e. The zero-order chi connectivity index (χ0) is 11.5. The van der Waals surface area contributed by atoms with E-state index in [4.69, 9.17) is 16.3 Å². The third-order valence-corrected chi connectivity index (χ3v) is 2.75. The summed E-state index contributed by atoms with van der Waals surface area (Å²) in [7, 11) is 0. The van der Waals surface area contributed by atoms with E-state index in [1.165, 1.54) is 6.07 Å². The normalized spacial score (nSPS) is 11.8. The van der Waals surface area contributed by atoms with Gasteiger partial charge in [0.1, 0.15) is 5.82 Å². The minimum absolute atomic E-state index is 0.144. The van der Waals surface area contributed by atoms with Crippen LogP contribution in [0.5, 0.6) is 0 Å². The van der Waals surface area contributed by atoms with Crippen LogP contribution in [0.1, 0.15) is 32.8 Å². The Labute approximate surface area is 95.2 Å². The Morgan fingerprint density at radius 1 is 1.40 bits per heavy atom. The minimum Gasteiger partial charge on any atom is -0.371 e. The molecule has 1 aromatic rings. The van der Waals surface area contributed by atoms with Gasteiger partial charge in [0.25, 0.3) is 0 Å². The highest BCUT2D eigenvalue weighted by Crippen LogP contribution is 2.20. The van der Waals surface area contributed by atoms with E-state index >= 15 is 0 Å². The summed E-state index contributed by atoms with van der Waals surface area (Å²) in [4.78, 5) is 0. The highest BCUT2D eigenvalue weighted by atomic mass is 35.5. The Bertz CT molecular complexity index is 336. The SMILES string of the molecule is CCC(C)(C)OCc1ccc(F)c(Cl)c1. The molecule has 0 heterocycles. The maximum Gasteiger partial charge on any atom is 0.141 e. The molecule has 0 saturated heterocycles. The Morgan fingerprint density at radius 3 is 2.60 bits per heavy atom. The molecule has 15 heavy (non-hydrogen) atoms. The summed E-state index contributed by atoms with van der Waals surface area (Å²) in [6.07, 6.45) is 0.932. The van der Waals surface area contributed by atoms with E-state index in [1.807, 2.05) is 13.8 Å². The molecule has 0 aliphatic rings. The zero-order valence-corrected chi connectivity index (χ0v) is 10.1. The van der Waals surface area contributed by atoms with Crippen LogP contribution < -0.4 is 0 Å². The van der Waals surface area contributed by atoms with Crippen molar-refractivity contribution in [1.29, 1.82) is 0 Å². The van der Waals surface area contributed by atoms with Crippen LogP contribution in [0, 0.1) is 5.82 Å². The van der Waals surface area contributed by atoms with Gasteiger partial charge in [0.15, 0.2) is 0 Å². The highest BCUT2D eigenvalue weighted by Gasteiger charge is 2.15. The lowest BCUT2D eigenvalue weighted by atomic mass is 10.1. The van der Waals surface area contributed by atoms with Crippen molar-refractivity contribution in [3.8, 4) is 0 Å². The van der Waals surface area contributed by atoms with E-state index in [0.717, 1.165) is 12.0 Å². The van der Waals surface area contributed by atoms with E-state index in [-0.39, 0.29) is 10.6 Å². The summed E-state index contributed by atoms with van der Waals surface area (Å²) in [6.45, 7) is 6.58. The summed E-state index contributed by atoms with van der Waals surface area (Å²) < 4.78 is 18.5. The molecule has 0 aromatic heterocycles. The maximum absolute atomic E-state index is 12.9. The van der Waals surface area contributed by atoms with E-state index in [2.05, 4.69) is 6.92 Å². The topological polar surface area (TPSA) is 9.23 Å². The van der Waals surface area contributed by atoms with Crippen LogP contribution in [0.4, 0.5) is 4.39 Å². The molecule has 1 rings (SSSR count). The van der Waals surface area contributed by atoms with Gasteiger partial charge in [-0.15, -0.1) is 0 Å². The number of hydrogen-bond donors (Lipinski definition) is 0. The van der Waals surface area contributed by atoms with Crippen molar-refractivity contribution in [3.05, 3.63) is 34.6 Å². The molecule has 1 aromatic carbocycles. The smallest absolute Gasteiger partial charge is 0.141 e. The summed E-state index contributed by atoms with van der Waals surface area (Å²) in [5.74, 6) is -0.393. The first-order valence-electron chi connectivity index (χ1n) is 5.02. The summed E-state index contributed by atoms with van der Waals surface area (Å²) >= 11 is 5.67. The predicted octanol–water partition coefficient (Wildman–Crippen LogP) is 4.18. The number of hydrogen-bond acceptors (Lipinski definition) is 1. The fraction of sp³-hybridized carbons (Fsp3) is 0.500. The van der Waals surface area contributed by atoms with Crippen molar-refractivity contribution in [2.24, 2.45) is 0 Å². The standard InChI is InChI=1S/C12H16ClFO/c1-4-12(2,3)15-8-9-5-6-11(14)10(13)7-9/h5-7H,4,8H2,1-3H3. The van der Waals surface area contributed by atoms with Crippen molar-refractivity contribution < 1.29 is 9.13 Å². The Balaban J connectivity index is 2.62. The first-order valence-corrected chi connectivity index (χ1v) is 5.40. The fourth-order valence-corrected chi connectivity index (χ4v) is 1.21. The molecule has 0 saturated carbocycles. The fourth-order valence-electron chi connectivity index (χ4n) is 1.01. The van der Waals surface area contributed by atoms with E-state index in [1.54, 1.807) is 12.1 Å². The monoisotopic (exact) mass is 230 g/mol. The van der Waals surface area contributed by atoms with E-state index in [0.29, 0.717) is 6.61 Å². The van der Waals surface area contributed by atoms with Gasteiger partial charge in [-0.25, -0.2) is 4.39 Å². The predicted molar refractivity (Wildman–Crippen MR) is 60.6 cm³/mol. The lowest BCUT2D eigenvalue weighted by Crippen LogP contribution is -2.22. The average molecular weight is 231 g/mol. The van der Waals surface area contributed by atoms with Gasteiger partial charge < -0.3 is 4.74 Å². The Morgan fingerprint density at radius 2 is 2.07 bits per heavy atom. The van der Waals surface area contributed by atoms with Gasteiger partial charge >= 0.3 is 0 Å². The van der Waals surface area contributed by atoms with Crippen LogP contribution >= 0.6 is 11.6 Å². The molecule has 0 fully saturated rings. The quantitative estimate of drug-likeness (QED) is 0.754. The van der Waals surface area contributed by atoms with Crippen LogP contribution in [0.15, 0.2) is 18.2 Å². The molecule has 0 spiro atoms. The number of rotatable bonds is 4. The average Bonchev–Trinajstić information content (AvgIpc) is 2.20. The van der Waals surface area contributed by atoms with Crippen LogP contribution in [-0.4, -0.2) is 5.60 Å². The summed E-state index contributed by atoms with van der Waals surface area (Å²) in [6, 6.07) is 4.65. The summed E-state index contributed by atoms with van der Waals surface area (Å²) in [5.41, 5.74) is 0.740. The van der Waals surface area contributed by atoms with Crippen LogP contribution in [0.3, 0.4) is 0 Å². The third kappa shape index (κ3) is 3.80. The van der Waals surface area contributed by atoms with Gasteiger partial charge in [-0.2, -0.15) is 0 Å². The molecule has 1 nitrogen and oxygen atoms in total. The van der Waals surface area contributed by atoms with Crippen molar-refractivity contribution in [1.82, 2.24) is 0 Å². The molecule has 0 atom stereocenters. The molecule has 3 heteroatoms. The van der Waals surface area contributed by atoms with Gasteiger partial charge in [-0.05, 0) is 38.0 Å². The van der Waals surface area contributed by atoms with Crippen LogP contribution in [-0.2, 0) is 11.3 Å². The van der Waals surface area contributed by atoms with Crippen molar-refractivity contribution in [2.45, 2.75) is 39.4 Å². The maximum atomic E-state index is 12.9. The Kier molecular flexibility index (Phi) is 4.12. The molecular weight excluding hydrogens is 215 g/mol. The van der Waals surface area contributed by atoms with Gasteiger partial charge in [0.05, 0.1) is 17.2 Å². The molecule has 0 aliphatic carbocycles. The number of benzene rings is 1. The van der Waals surface area contributed by atoms with Gasteiger partial charge in [0, 0.05) is 0 Å².